The number of likely N-dealkylation sites (N-methyl/N-ethyl adjacent to an activating group) is 1. The summed E-state index contributed by atoms with van der Waals surface area (Å²) in [5.74, 6) is -1.72. The third-order valence-corrected chi connectivity index (χ3v) is 3.72. The van der Waals surface area contributed by atoms with Gasteiger partial charge in [-0.05, 0) is 38.4 Å². The number of hydrogen-bond acceptors (Lipinski definition) is 3. The largest absolute Gasteiger partial charge is 0.377 e. The highest BCUT2D eigenvalue weighted by atomic mass is 19.1. The second-order valence-corrected chi connectivity index (χ2v) is 5.67. The van der Waals surface area contributed by atoms with Gasteiger partial charge in [0.15, 0.2) is 0 Å². The second-order valence-electron chi connectivity index (χ2n) is 5.67. The number of nitrogens with zero attached hydrogens (tertiary/aromatic N) is 1. The summed E-state index contributed by atoms with van der Waals surface area (Å²) in [7, 11) is 1.93. The molecule has 0 bridgehead atoms. The molecule has 0 aromatic heterocycles. The Bertz CT molecular complexity index is 505. The maximum atomic E-state index is 13.4. The molecular formula is C16H22F2N2O2. The molecule has 1 amide bonds. The third kappa shape index (κ3) is 5.35. The molecule has 1 aliphatic heterocycles. The van der Waals surface area contributed by atoms with Crippen LogP contribution in [-0.2, 0) is 9.53 Å². The zero-order chi connectivity index (χ0) is 15.9. The highest BCUT2D eigenvalue weighted by Crippen LogP contribution is 2.16. The number of benzene rings is 1. The van der Waals surface area contributed by atoms with Gasteiger partial charge in [0, 0.05) is 32.2 Å². The van der Waals surface area contributed by atoms with E-state index in [4.69, 9.17) is 4.74 Å². The van der Waals surface area contributed by atoms with Gasteiger partial charge >= 0.3 is 0 Å². The molecule has 0 saturated carbocycles. The predicted octanol–water partition coefficient (Wildman–Crippen LogP) is 2.79. The third-order valence-electron chi connectivity index (χ3n) is 3.72. The smallest absolute Gasteiger partial charge is 0.225 e. The topological polar surface area (TPSA) is 41.6 Å². The molecule has 1 heterocycles. The minimum Gasteiger partial charge on any atom is -0.377 e. The lowest BCUT2D eigenvalue weighted by molar-refractivity contribution is -0.116. The van der Waals surface area contributed by atoms with Gasteiger partial charge in [-0.3, -0.25) is 4.79 Å². The summed E-state index contributed by atoms with van der Waals surface area (Å²) >= 11 is 0. The van der Waals surface area contributed by atoms with Gasteiger partial charge in [0.05, 0.1) is 11.8 Å². The zero-order valence-corrected chi connectivity index (χ0v) is 12.8. The maximum absolute atomic E-state index is 13.4. The normalized spacial score (nSPS) is 18.5. The van der Waals surface area contributed by atoms with E-state index in [-0.39, 0.29) is 24.1 Å². The first-order chi connectivity index (χ1) is 10.5. The molecule has 122 valence electrons. The van der Waals surface area contributed by atoms with Crippen LogP contribution in [0.5, 0.6) is 0 Å². The Morgan fingerprint density at radius 1 is 1.41 bits per heavy atom. The molecule has 1 saturated heterocycles. The van der Waals surface area contributed by atoms with E-state index in [1.165, 1.54) is 12.5 Å². The van der Waals surface area contributed by atoms with Crippen LogP contribution >= 0.6 is 0 Å². The molecule has 2 rings (SSSR count). The van der Waals surface area contributed by atoms with Crippen LogP contribution in [0, 0.1) is 11.6 Å². The van der Waals surface area contributed by atoms with E-state index in [9.17, 15) is 13.6 Å². The summed E-state index contributed by atoms with van der Waals surface area (Å²) in [5.41, 5.74) is 0.00432. The predicted molar refractivity (Wildman–Crippen MR) is 80.7 cm³/mol. The van der Waals surface area contributed by atoms with E-state index in [0.717, 1.165) is 38.1 Å². The number of amides is 1. The van der Waals surface area contributed by atoms with E-state index in [1.54, 1.807) is 0 Å². The van der Waals surface area contributed by atoms with Crippen LogP contribution in [0.1, 0.15) is 25.7 Å². The molecule has 1 fully saturated rings. The van der Waals surface area contributed by atoms with E-state index in [0.29, 0.717) is 6.54 Å². The van der Waals surface area contributed by atoms with Gasteiger partial charge in [0.1, 0.15) is 11.6 Å². The van der Waals surface area contributed by atoms with E-state index in [2.05, 4.69) is 5.32 Å². The van der Waals surface area contributed by atoms with Crippen LogP contribution < -0.4 is 5.32 Å². The van der Waals surface area contributed by atoms with Crippen molar-refractivity contribution in [2.45, 2.75) is 31.8 Å². The first kappa shape index (κ1) is 16.8. The van der Waals surface area contributed by atoms with Gasteiger partial charge in [0.25, 0.3) is 0 Å². The van der Waals surface area contributed by atoms with Crippen molar-refractivity contribution in [1.82, 2.24) is 4.90 Å². The van der Waals surface area contributed by atoms with Crippen molar-refractivity contribution in [3.63, 3.8) is 0 Å². The summed E-state index contributed by atoms with van der Waals surface area (Å²) in [4.78, 5) is 13.9. The van der Waals surface area contributed by atoms with Crippen LogP contribution in [0.3, 0.4) is 0 Å². The number of hydrogen-bond donors (Lipinski definition) is 1. The first-order valence-corrected chi connectivity index (χ1v) is 7.59. The molecule has 0 spiro atoms. The fraction of sp³-hybridized carbons (Fsp3) is 0.562. The molecule has 22 heavy (non-hydrogen) atoms. The Balaban J connectivity index is 1.72. The fourth-order valence-electron chi connectivity index (χ4n) is 2.49. The van der Waals surface area contributed by atoms with Crippen LogP contribution in [0.2, 0.25) is 0 Å². The number of rotatable bonds is 6. The summed E-state index contributed by atoms with van der Waals surface area (Å²) < 4.78 is 31.9. The SMILES string of the molecule is CN(CCC(=O)Nc1ccc(F)cc1F)CC1CCCCO1. The number of anilines is 1. The van der Waals surface area contributed by atoms with Crippen molar-refractivity contribution in [1.29, 1.82) is 0 Å². The highest BCUT2D eigenvalue weighted by Gasteiger charge is 2.16. The van der Waals surface area contributed by atoms with Gasteiger partial charge in [-0.25, -0.2) is 8.78 Å². The number of ether oxygens (including phenoxy) is 1. The van der Waals surface area contributed by atoms with Crippen molar-refractivity contribution in [3.05, 3.63) is 29.8 Å². The van der Waals surface area contributed by atoms with Gasteiger partial charge in [-0.15, -0.1) is 0 Å². The first-order valence-electron chi connectivity index (χ1n) is 7.59. The van der Waals surface area contributed by atoms with Gasteiger partial charge in [-0.1, -0.05) is 0 Å². The van der Waals surface area contributed by atoms with E-state index < -0.39 is 11.6 Å². The zero-order valence-electron chi connectivity index (χ0n) is 12.8. The monoisotopic (exact) mass is 312 g/mol. The Kier molecular flexibility index (Phi) is 6.27. The Hall–Kier alpha value is -1.53. The van der Waals surface area contributed by atoms with E-state index >= 15 is 0 Å². The van der Waals surface area contributed by atoms with Crippen molar-refractivity contribution in [2.75, 3.05) is 32.1 Å². The molecular weight excluding hydrogens is 290 g/mol. The Morgan fingerprint density at radius 2 is 2.23 bits per heavy atom. The molecule has 1 aromatic carbocycles. The van der Waals surface area contributed by atoms with Crippen LogP contribution in [0.4, 0.5) is 14.5 Å². The van der Waals surface area contributed by atoms with Gasteiger partial charge in [-0.2, -0.15) is 0 Å². The van der Waals surface area contributed by atoms with Crippen LogP contribution in [-0.4, -0.2) is 43.7 Å². The quantitative estimate of drug-likeness (QED) is 0.878. The highest BCUT2D eigenvalue weighted by molar-refractivity contribution is 5.90. The van der Waals surface area contributed by atoms with E-state index in [1.807, 2.05) is 11.9 Å². The second kappa shape index (κ2) is 8.19. The molecule has 0 radical (unpaired) electrons. The fourth-order valence-corrected chi connectivity index (χ4v) is 2.49. The number of nitrogens with one attached hydrogen (secondary N) is 1. The lowest BCUT2D eigenvalue weighted by atomic mass is 10.1. The Labute approximate surface area is 129 Å². The summed E-state index contributed by atoms with van der Waals surface area (Å²) in [6.07, 6.45) is 3.84. The van der Waals surface area contributed by atoms with Crippen LogP contribution in [0.15, 0.2) is 18.2 Å². The molecule has 1 aliphatic rings. The standard InChI is InChI=1S/C16H22F2N2O2/c1-20(11-13-4-2-3-9-22-13)8-7-16(21)19-15-6-5-12(17)10-14(15)18/h5-6,10,13H,2-4,7-9,11H2,1H3,(H,19,21). The molecule has 1 unspecified atom stereocenters. The van der Waals surface area contributed by atoms with Gasteiger partial charge in [0.2, 0.25) is 5.91 Å². The Morgan fingerprint density at radius 3 is 2.91 bits per heavy atom. The van der Waals surface area contributed by atoms with Gasteiger partial charge < -0.3 is 15.0 Å². The molecule has 1 aromatic rings. The average Bonchev–Trinajstić information content (AvgIpc) is 2.49. The molecule has 1 atom stereocenters. The number of carbonyl (C=O) groups excluding carboxylic acids is 1. The lowest BCUT2D eigenvalue weighted by Crippen LogP contribution is -2.35. The minimum atomic E-state index is -0.766. The molecule has 4 nitrogen and oxygen atoms in total. The number of halogens is 2. The summed E-state index contributed by atoms with van der Waals surface area (Å²) in [6, 6.07) is 3.09. The summed E-state index contributed by atoms with van der Waals surface area (Å²) in [6.45, 7) is 2.16. The molecule has 1 N–H and O–H groups in total. The molecule has 6 heteroatoms. The minimum absolute atomic E-state index is 0.00432. The summed E-state index contributed by atoms with van der Waals surface area (Å²) in [5, 5.41) is 2.46. The van der Waals surface area contributed by atoms with Crippen molar-refractivity contribution >= 4 is 11.6 Å². The van der Waals surface area contributed by atoms with Crippen molar-refractivity contribution in [2.24, 2.45) is 0 Å². The average molecular weight is 312 g/mol. The molecule has 0 aliphatic carbocycles. The van der Waals surface area contributed by atoms with Crippen molar-refractivity contribution in [3.8, 4) is 0 Å². The van der Waals surface area contributed by atoms with Crippen molar-refractivity contribution < 1.29 is 18.3 Å². The maximum Gasteiger partial charge on any atom is 0.225 e. The van der Waals surface area contributed by atoms with Crippen LogP contribution in [0.25, 0.3) is 0 Å². The number of carbonyl (C=O) groups is 1. The lowest BCUT2D eigenvalue weighted by Gasteiger charge is -2.27.